The zero-order chi connectivity index (χ0) is 15.4. The van der Waals surface area contributed by atoms with Crippen LogP contribution in [0.1, 0.15) is 10.4 Å². The standard InChI is InChI=1S/C13H9N3O5.Na/c17-12-5-4-9(7-11(12)13(18)19)15-14-8-2-1-3-10(6-8)16(20)21;/h1-7,17H,(H,18,19);/q;+1/p-1. The number of hydrogen-bond donors (Lipinski definition) is 1. The van der Waals surface area contributed by atoms with E-state index in [4.69, 9.17) is 0 Å². The Labute approximate surface area is 146 Å². The van der Waals surface area contributed by atoms with E-state index in [2.05, 4.69) is 10.2 Å². The molecule has 2 rings (SSSR count). The third-order valence-electron chi connectivity index (χ3n) is 2.52. The van der Waals surface area contributed by atoms with Crippen molar-refractivity contribution in [2.24, 2.45) is 10.2 Å². The molecule has 0 bridgehead atoms. The summed E-state index contributed by atoms with van der Waals surface area (Å²) in [5.41, 5.74) is -0.135. The molecule has 106 valence electrons. The van der Waals surface area contributed by atoms with Gasteiger partial charge in [0, 0.05) is 17.7 Å². The number of nitro benzene ring substituents is 1. The second-order valence-electron chi connectivity index (χ2n) is 3.97. The van der Waals surface area contributed by atoms with Crippen LogP contribution in [0, 0.1) is 10.1 Å². The Hall–Kier alpha value is -2.29. The molecule has 0 aromatic heterocycles. The van der Waals surface area contributed by atoms with Crippen molar-refractivity contribution >= 4 is 23.0 Å². The molecule has 0 amide bonds. The number of nitrogens with zero attached hydrogens (tertiary/aromatic N) is 3. The van der Waals surface area contributed by atoms with E-state index in [0.29, 0.717) is 0 Å². The number of non-ortho nitro benzene ring substituents is 1. The van der Waals surface area contributed by atoms with Gasteiger partial charge in [-0.1, -0.05) is 6.07 Å². The van der Waals surface area contributed by atoms with E-state index < -0.39 is 22.2 Å². The largest absolute Gasteiger partial charge is 1.00 e. The first kappa shape index (κ1) is 17.8. The second kappa shape index (κ2) is 7.64. The van der Waals surface area contributed by atoms with Gasteiger partial charge < -0.3 is 15.0 Å². The number of aromatic carboxylic acids is 1. The summed E-state index contributed by atoms with van der Waals surface area (Å²) in [5.74, 6) is -1.98. The molecule has 0 aliphatic rings. The summed E-state index contributed by atoms with van der Waals surface area (Å²) in [6.45, 7) is 0. The molecule has 0 atom stereocenters. The Balaban J connectivity index is 0.00000242. The number of phenols is 1. The number of hydrogen-bond acceptors (Lipinski definition) is 7. The Morgan fingerprint density at radius 1 is 1.09 bits per heavy atom. The van der Waals surface area contributed by atoms with Gasteiger partial charge in [0.15, 0.2) is 0 Å². The number of nitro groups is 1. The molecule has 2 aromatic carbocycles. The molecule has 0 heterocycles. The normalized spacial score (nSPS) is 10.2. The molecule has 0 aliphatic heterocycles. The summed E-state index contributed by atoms with van der Waals surface area (Å²) in [7, 11) is 0. The number of benzene rings is 2. The van der Waals surface area contributed by atoms with Gasteiger partial charge in [0.05, 0.1) is 22.3 Å². The van der Waals surface area contributed by atoms with Crippen molar-refractivity contribution in [2.75, 3.05) is 0 Å². The van der Waals surface area contributed by atoms with Crippen LogP contribution in [-0.2, 0) is 0 Å². The number of rotatable bonds is 4. The number of carbonyl (C=O) groups excluding carboxylic acids is 1. The van der Waals surface area contributed by atoms with Crippen LogP contribution in [0.3, 0.4) is 0 Å². The molecule has 9 heteroatoms. The van der Waals surface area contributed by atoms with Crippen molar-refractivity contribution in [1.82, 2.24) is 0 Å². The van der Waals surface area contributed by atoms with Gasteiger partial charge in [-0.25, -0.2) is 0 Å². The maximum atomic E-state index is 10.7. The molecule has 0 saturated carbocycles. The molecule has 8 nitrogen and oxygen atoms in total. The van der Waals surface area contributed by atoms with Gasteiger partial charge in [-0.2, -0.15) is 10.2 Å². The van der Waals surface area contributed by atoms with Crippen LogP contribution in [0.2, 0.25) is 0 Å². The van der Waals surface area contributed by atoms with Gasteiger partial charge in [0.2, 0.25) is 0 Å². The van der Waals surface area contributed by atoms with Crippen LogP contribution in [-0.4, -0.2) is 16.0 Å². The smallest absolute Gasteiger partial charge is 0.545 e. The Morgan fingerprint density at radius 3 is 2.32 bits per heavy atom. The molecule has 0 unspecified atom stereocenters. The average molecular weight is 309 g/mol. The van der Waals surface area contributed by atoms with Crippen molar-refractivity contribution in [2.45, 2.75) is 0 Å². The van der Waals surface area contributed by atoms with Crippen LogP contribution < -0.4 is 34.7 Å². The second-order valence-corrected chi connectivity index (χ2v) is 3.97. The number of carboxylic acid groups (broad SMARTS) is 1. The fourth-order valence-corrected chi connectivity index (χ4v) is 1.53. The third kappa shape index (κ3) is 4.35. The summed E-state index contributed by atoms with van der Waals surface area (Å²) in [4.78, 5) is 20.8. The minimum Gasteiger partial charge on any atom is -0.545 e. The molecule has 0 aliphatic carbocycles. The average Bonchev–Trinajstić information content (AvgIpc) is 2.46. The first-order valence-corrected chi connectivity index (χ1v) is 5.68. The van der Waals surface area contributed by atoms with Crippen LogP contribution in [0.15, 0.2) is 52.7 Å². The van der Waals surface area contributed by atoms with E-state index in [1.807, 2.05) is 0 Å². The summed E-state index contributed by atoms with van der Waals surface area (Å²) in [5, 5.41) is 38.2. The van der Waals surface area contributed by atoms with Crippen molar-refractivity contribution in [3.8, 4) is 5.75 Å². The van der Waals surface area contributed by atoms with Crippen LogP contribution in [0.4, 0.5) is 17.1 Å². The first-order chi connectivity index (χ1) is 9.97. The summed E-state index contributed by atoms with van der Waals surface area (Å²) in [6.07, 6.45) is 0. The van der Waals surface area contributed by atoms with Crippen molar-refractivity contribution in [1.29, 1.82) is 0 Å². The Kier molecular flexibility index (Phi) is 6.17. The first-order valence-electron chi connectivity index (χ1n) is 5.68. The van der Waals surface area contributed by atoms with Crippen molar-refractivity contribution in [3.05, 3.63) is 58.1 Å². The SMILES string of the molecule is O=C([O-])c1cc(N=Nc2cccc([N+](=O)[O-])c2)ccc1O.[Na+]. The molecule has 0 spiro atoms. The molecular formula is C13H8N3NaO5. The number of azo groups is 1. The Morgan fingerprint density at radius 2 is 1.73 bits per heavy atom. The van der Waals surface area contributed by atoms with Gasteiger partial charge in [-0.3, -0.25) is 10.1 Å². The van der Waals surface area contributed by atoms with E-state index in [9.17, 15) is 25.1 Å². The fraction of sp³-hybridized carbons (Fsp3) is 0. The predicted molar refractivity (Wildman–Crippen MR) is 69.7 cm³/mol. The van der Waals surface area contributed by atoms with Crippen LogP contribution in [0.25, 0.3) is 0 Å². The topological polar surface area (TPSA) is 128 Å². The van der Waals surface area contributed by atoms with E-state index in [0.717, 1.165) is 12.1 Å². The van der Waals surface area contributed by atoms with Gasteiger partial charge in [0.25, 0.3) is 5.69 Å². The molecule has 2 aromatic rings. The zero-order valence-corrected chi connectivity index (χ0v) is 13.5. The molecular weight excluding hydrogens is 301 g/mol. The van der Waals surface area contributed by atoms with Crippen molar-refractivity contribution in [3.63, 3.8) is 0 Å². The van der Waals surface area contributed by atoms with Gasteiger partial charge in [-0.15, -0.1) is 0 Å². The maximum Gasteiger partial charge on any atom is 1.00 e. The Bertz CT molecular complexity index is 748. The van der Waals surface area contributed by atoms with E-state index in [-0.39, 0.29) is 46.6 Å². The number of carboxylic acids is 1. The zero-order valence-electron chi connectivity index (χ0n) is 11.5. The van der Waals surface area contributed by atoms with E-state index >= 15 is 0 Å². The molecule has 1 N–H and O–H groups in total. The van der Waals surface area contributed by atoms with Crippen LogP contribution >= 0.6 is 0 Å². The minimum atomic E-state index is -1.54. The summed E-state index contributed by atoms with van der Waals surface area (Å²) in [6, 6.07) is 9.09. The monoisotopic (exact) mass is 309 g/mol. The third-order valence-corrected chi connectivity index (χ3v) is 2.52. The number of carbonyl (C=O) groups is 1. The van der Waals surface area contributed by atoms with Crippen LogP contribution in [0.5, 0.6) is 5.75 Å². The maximum absolute atomic E-state index is 10.7. The summed E-state index contributed by atoms with van der Waals surface area (Å²) < 4.78 is 0. The molecule has 22 heavy (non-hydrogen) atoms. The number of aromatic hydroxyl groups is 1. The molecule has 0 saturated heterocycles. The van der Waals surface area contributed by atoms with Crippen molar-refractivity contribution < 1.29 is 49.5 Å². The van der Waals surface area contributed by atoms with Gasteiger partial charge in [0.1, 0.15) is 5.75 Å². The summed E-state index contributed by atoms with van der Waals surface area (Å²) >= 11 is 0. The molecule has 0 radical (unpaired) electrons. The predicted octanol–water partition coefficient (Wildman–Crippen LogP) is -0.917. The molecule has 0 fully saturated rings. The van der Waals surface area contributed by atoms with Gasteiger partial charge >= 0.3 is 29.6 Å². The fourth-order valence-electron chi connectivity index (χ4n) is 1.53. The van der Waals surface area contributed by atoms with E-state index in [1.54, 1.807) is 0 Å². The van der Waals surface area contributed by atoms with E-state index in [1.165, 1.54) is 30.3 Å². The minimum absolute atomic E-state index is 0. The quantitative estimate of drug-likeness (QED) is 0.338. The van der Waals surface area contributed by atoms with Gasteiger partial charge in [-0.05, 0) is 24.3 Å².